The number of ketones is 1. The molecule has 0 heterocycles. The molecule has 0 aliphatic rings. The highest BCUT2D eigenvalue weighted by Crippen LogP contribution is 2.17. The van der Waals surface area contributed by atoms with Crippen molar-refractivity contribution in [2.45, 2.75) is 32.4 Å². The van der Waals surface area contributed by atoms with Crippen molar-refractivity contribution in [2.24, 2.45) is 0 Å². The predicted molar refractivity (Wildman–Crippen MR) is 119 cm³/mol. The van der Waals surface area contributed by atoms with Gasteiger partial charge in [-0.25, -0.2) is 8.42 Å². The van der Waals surface area contributed by atoms with Crippen LogP contribution in [0.1, 0.15) is 37.6 Å². The number of ether oxygens (including phenoxy) is 1. The summed E-state index contributed by atoms with van der Waals surface area (Å²) in [6.07, 6.45) is -0.00308. The Morgan fingerprint density at radius 1 is 0.968 bits per heavy atom. The first-order chi connectivity index (χ1) is 14.7. The molecule has 0 aromatic heterocycles. The maximum absolute atomic E-state index is 12.7. The first kappa shape index (κ1) is 24.1. The van der Waals surface area contributed by atoms with Crippen molar-refractivity contribution in [3.63, 3.8) is 0 Å². The second kappa shape index (κ2) is 10.7. The number of hydrogen-bond donors (Lipinski definition) is 2. The number of anilines is 2. The molecule has 8 nitrogen and oxygen atoms in total. The van der Waals surface area contributed by atoms with Crippen molar-refractivity contribution in [1.82, 2.24) is 0 Å². The fourth-order valence-electron chi connectivity index (χ4n) is 2.92. The standard InChI is InChI=1S/C22H26N2O6S/c1-4-20(22(27)24-18-8-6-7-16(13-18)15(3)25)31(28,29)14-21(26)23-17-9-11-19(12-10-17)30-5-2/h6-13,20H,4-5,14H2,1-3H3,(H,23,26)(H,24,27). The Bertz CT molecular complexity index is 1050. The molecule has 0 saturated carbocycles. The minimum absolute atomic E-state index is 0.00308. The van der Waals surface area contributed by atoms with Gasteiger partial charge in [-0.15, -0.1) is 0 Å². The maximum Gasteiger partial charge on any atom is 0.242 e. The number of Topliss-reactive ketones (excluding diaryl/α,β-unsaturated/α-hetero) is 1. The Morgan fingerprint density at radius 2 is 1.65 bits per heavy atom. The van der Waals surface area contributed by atoms with Gasteiger partial charge in [0.2, 0.25) is 11.8 Å². The van der Waals surface area contributed by atoms with Crippen LogP contribution in [-0.4, -0.2) is 43.6 Å². The van der Waals surface area contributed by atoms with Gasteiger partial charge in [0.1, 0.15) is 16.8 Å². The molecular formula is C22H26N2O6S. The lowest BCUT2D eigenvalue weighted by atomic mass is 10.1. The van der Waals surface area contributed by atoms with Crippen LogP contribution in [-0.2, 0) is 19.4 Å². The Kier molecular flexibility index (Phi) is 8.32. The smallest absolute Gasteiger partial charge is 0.242 e. The van der Waals surface area contributed by atoms with Crippen LogP contribution in [0.25, 0.3) is 0 Å². The minimum atomic E-state index is -4.07. The molecule has 0 bridgehead atoms. The normalized spacial score (nSPS) is 12.0. The van der Waals surface area contributed by atoms with E-state index in [1.807, 2.05) is 6.92 Å². The van der Waals surface area contributed by atoms with Crippen molar-refractivity contribution >= 4 is 38.8 Å². The van der Waals surface area contributed by atoms with Gasteiger partial charge in [-0.1, -0.05) is 19.1 Å². The number of hydrogen-bond acceptors (Lipinski definition) is 6. The van der Waals surface area contributed by atoms with Crippen LogP contribution in [0.15, 0.2) is 48.5 Å². The van der Waals surface area contributed by atoms with Crippen molar-refractivity contribution in [1.29, 1.82) is 0 Å². The fourth-order valence-corrected chi connectivity index (χ4v) is 4.45. The summed E-state index contributed by atoms with van der Waals surface area (Å²) >= 11 is 0. The van der Waals surface area contributed by atoms with E-state index in [-0.39, 0.29) is 12.2 Å². The zero-order valence-corrected chi connectivity index (χ0v) is 18.5. The Morgan fingerprint density at radius 3 is 2.23 bits per heavy atom. The molecule has 9 heteroatoms. The molecule has 166 valence electrons. The topological polar surface area (TPSA) is 119 Å². The van der Waals surface area contributed by atoms with Gasteiger partial charge in [0.25, 0.3) is 0 Å². The summed E-state index contributed by atoms with van der Waals surface area (Å²) in [4.78, 5) is 36.4. The van der Waals surface area contributed by atoms with E-state index < -0.39 is 32.7 Å². The van der Waals surface area contributed by atoms with Gasteiger partial charge in [-0.05, 0) is 56.7 Å². The van der Waals surface area contributed by atoms with Crippen LogP contribution in [0, 0.1) is 0 Å². The summed E-state index contributed by atoms with van der Waals surface area (Å²) in [6.45, 7) is 5.30. The molecule has 1 atom stereocenters. The van der Waals surface area contributed by atoms with Gasteiger partial charge in [0.15, 0.2) is 15.6 Å². The molecule has 0 radical (unpaired) electrons. The predicted octanol–water partition coefficient (Wildman–Crippen LogP) is 3.06. The number of rotatable bonds is 10. The van der Waals surface area contributed by atoms with Crippen LogP contribution in [0.3, 0.4) is 0 Å². The quantitative estimate of drug-likeness (QED) is 0.542. The third-order valence-corrected chi connectivity index (χ3v) is 6.49. The second-order valence-corrected chi connectivity index (χ2v) is 9.02. The summed E-state index contributed by atoms with van der Waals surface area (Å²) in [5.74, 6) is -1.88. The second-order valence-electron chi connectivity index (χ2n) is 6.84. The van der Waals surface area contributed by atoms with Crippen molar-refractivity contribution in [3.8, 4) is 5.75 Å². The molecule has 1 unspecified atom stereocenters. The zero-order chi connectivity index (χ0) is 23.0. The van der Waals surface area contributed by atoms with E-state index in [1.54, 1.807) is 49.4 Å². The van der Waals surface area contributed by atoms with E-state index >= 15 is 0 Å². The summed E-state index contributed by atoms with van der Waals surface area (Å²) in [5, 5.41) is 3.63. The maximum atomic E-state index is 12.7. The summed E-state index contributed by atoms with van der Waals surface area (Å²) in [7, 11) is -4.07. The lowest BCUT2D eigenvalue weighted by molar-refractivity contribution is -0.115. The van der Waals surface area contributed by atoms with E-state index in [0.29, 0.717) is 29.3 Å². The molecular weight excluding hydrogens is 420 g/mol. The number of sulfone groups is 1. The van der Waals surface area contributed by atoms with Gasteiger partial charge in [0, 0.05) is 16.9 Å². The number of benzene rings is 2. The molecule has 0 spiro atoms. The van der Waals surface area contributed by atoms with Gasteiger partial charge in [-0.2, -0.15) is 0 Å². The van der Waals surface area contributed by atoms with E-state index in [4.69, 9.17) is 4.74 Å². The van der Waals surface area contributed by atoms with Gasteiger partial charge >= 0.3 is 0 Å². The van der Waals surface area contributed by atoms with Gasteiger partial charge in [-0.3, -0.25) is 14.4 Å². The average molecular weight is 447 g/mol. The lowest BCUT2D eigenvalue weighted by Gasteiger charge is -2.16. The number of nitrogens with one attached hydrogen (secondary N) is 2. The highest BCUT2D eigenvalue weighted by Gasteiger charge is 2.33. The van der Waals surface area contributed by atoms with Crippen molar-refractivity contribution < 1.29 is 27.5 Å². The lowest BCUT2D eigenvalue weighted by Crippen LogP contribution is -2.39. The molecule has 2 N–H and O–H groups in total. The summed E-state index contributed by atoms with van der Waals surface area (Å²) < 4.78 is 30.7. The van der Waals surface area contributed by atoms with Crippen molar-refractivity contribution in [2.75, 3.05) is 23.0 Å². The van der Waals surface area contributed by atoms with Crippen LogP contribution in [0.4, 0.5) is 11.4 Å². The van der Waals surface area contributed by atoms with Crippen LogP contribution in [0.2, 0.25) is 0 Å². The van der Waals surface area contributed by atoms with E-state index in [0.717, 1.165) is 0 Å². The molecule has 0 fully saturated rings. The number of amides is 2. The fraction of sp³-hybridized carbons (Fsp3) is 0.318. The zero-order valence-electron chi connectivity index (χ0n) is 17.7. The monoisotopic (exact) mass is 446 g/mol. The minimum Gasteiger partial charge on any atom is -0.494 e. The molecule has 0 aliphatic heterocycles. The van der Waals surface area contributed by atoms with Crippen molar-refractivity contribution in [3.05, 3.63) is 54.1 Å². The van der Waals surface area contributed by atoms with Crippen LogP contribution >= 0.6 is 0 Å². The summed E-state index contributed by atoms with van der Waals surface area (Å²) in [6, 6.07) is 12.7. The molecule has 2 aromatic rings. The molecule has 31 heavy (non-hydrogen) atoms. The third kappa shape index (κ3) is 6.92. The Hall–Kier alpha value is -3.20. The van der Waals surface area contributed by atoms with E-state index in [1.165, 1.54) is 13.0 Å². The first-order valence-corrected chi connectivity index (χ1v) is 11.5. The molecule has 2 aromatic carbocycles. The van der Waals surface area contributed by atoms with Gasteiger partial charge < -0.3 is 15.4 Å². The molecule has 0 saturated heterocycles. The van der Waals surface area contributed by atoms with Gasteiger partial charge in [0.05, 0.1) is 6.61 Å². The summed E-state index contributed by atoms with van der Waals surface area (Å²) in [5.41, 5.74) is 1.12. The van der Waals surface area contributed by atoms with E-state index in [2.05, 4.69) is 10.6 Å². The molecule has 2 rings (SSSR count). The molecule has 0 aliphatic carbocycles. The largest absolute Gasteiger partial charge is 0.494 e. The van der Waals surface area contributed by atoms with Crippen LogP contribution in [0.5, 0.6) is 5.75 Å². The number of carbonyl (C=O) groups is 3. The molecule has 2 amide bonds. The highest BCUT2D eigenvalue weighted by molar-refractivity contribution is 7.93. The SMILES string of the molecule is CCOc1ccc(NC(=O)CS(=O)(=O)C(CC)C(=O)Nc2cccc(C(C)=O)c2)cc1. The first-order valence-electron chi connectivity index (χ1n) is 9.82. The number of carbonyl (C=O) groups excluding carboxylic acids is 3. The third-order valence-electron chi connectivity index (χ3n) is 4.41. The average Bonchev–Trinajstić information content (AvgIpc) is 2.69. The van der Waals surface area contributed by atoms with Crippen LogP contribution < -0.4 is 15.4 Å². The Labute approximate surface area is 181 Å². The Balaban J connectivity index is 2.05. The van der Waals surface area contributed by atoms with E-state index in [9.17, 15) is 22.8 Å². The highest BCUT2D eigenvalue weighted by atomic mass is 32.2.